The summed E-state index contributed by atoms with van der Waals surface area (Å²) < 4.78 is 10.3. The van der Waals surface area contributed by atoms with Crippen LogP contribution in [0.5, 0.6) is 0 Å². The minimum Gasteiger partial charge on any atom is -0.466 e. The van der Waals surface area contributed by atoms with Gasteiger partial charge in [0.05, 0.1) is 12.5 Å². The van der Waals surface area contributed by atoms with Gasteiger partial charge < -0.3 is 9.47 Å². The van der Waals surface area contributed by atoms with Gasteiger partial charge in [-0.2, -0.15) is 0 Å². The Morgan fingerprint density at radius 2 is 2.06 bits per heavy atom. The zero-order valence-corrected chi connectivity index (χ0v) is 10.9. The van der Waals surface area contributed by atoms with Crippen molar-refractivity contribution in [3.8, 4) is 0 Å². The molecule has 0 aliphatic heterocycles. The first kappa shape index (κ1) is 13.1. The molecular formula is C14H20O4. The largest absolute Gasteiger partial charge is 0.466 e. The summed E-state index contributed by atoms with van der Waals surface area (Å²) in [4.78, 5) is 22.7. The smallest absolute Gasteiger partial charge is 0.309 e. The van der Waals surface area contributed by atoms with Crippen LogP contribution < -0.4 is 0 Å². The van der Waals surface area contributed by atoms with Crippen molar-refractivity contribution in [2.24, 2.45) is 17.8 Å². The molecule has 0 aromatic rings. The summed E-state index contributed by atoms with van der Waals surface area (Å²) >= 11 is 0. The van der Waals surface area contributed by atoms with Crippen LogP contribution in [0.1, 0.15) is 33.1 Å². The average Bonchev–Trinajstić information content (AvgIpc) is 2.94. The van der Waals surface area contributed by atoms with E-state index >= 15 is 0 Å². The lowest BCUT2D eigenvalue weighted by atomic mass is 10.0. The molecule has 0 saturated heterocycles. The third-order valence-electron chi connectivity index (χ3n) is 3.75. The molecule has 2 rings (SSSR count). The number of ether oxygens (including phenoxy) is 2. The molecule has 4 heteroatoms. The lowest BCUT2D eigenvalue weighted by Gasteiger charge is -2.14. The number of hydrogen-bond donors (Lipinski definition) is 0. The van der Waals surface area contributed by atoms with Gasteiger partial charge in [-0.05, 0) is 44.1 Å². The summed E-state index contributed by atoms with van der Waals surface area (Å²) in [6, 6.07) is 0. The maximum absolute atomic E-state index is 11.7. The van der Waals surface area contributed by atoms with Crippen molar-refractivity contribution in [2.75, 3.05) is 6.61 Å². The number of rotatable bonds is 3. The number of carbonyl (C=O) groups is 2. The van der Waals surface area contributed by atoms with Crippen LogP contribution in [0.2, 0.25) is 0 Å². The average molecular weight is 252 g/mol. The van der Waals surface area contributed by atoms with Crippen LogP contribution in [0.4, 0.5) is 0 Å². The standard InChI is InChI=1S/C14H20O4/c1-3-17-14(16)13-11-6-4-5-10(18-9(2)15)7-8-12(11)13/h4-5,10-13H,3,6-8H2,1-2H3/b5-4-/t10?,11-,12+,13-/m1/s1. The van der Waals surface area contributed by atoms with E-state index in [0.29, 0.717) is 18.4 Å². The highest BCUT2D eigenvalue weighted by Crippen LogP contribution is 2.53. The van der Waals surface area contributed by atoms with E-state index in [1.165, 1.54) is 6.92 Å². The zero-order valence-electron chi connectivity index (χ0n) is 10.9. The molecular weight excluding hydrogens is 232 g/mol. The fourth-order valence-electron chi connectivity index (χ4n) is 2.90. The van der Waals surface area contributed by atoms with Gasteiger partial charge in [0.1, 0.15) is 6.10 Å². The summed E-state index contributed by atoms with van der Waals surface area (Å²) in [6.07, 6.45) is 6.45. The van der Waals surface area contributed by atoms with Gasteiger partial charge in [-0.15, -0.1) is 0 Å². The normalized spacial score (nSPS) is 35.7. The van der Waals surface area contributed by atoms with Gasteiger partial charge in [0.2, 0.25) is 0 Å². The number of carbonyl (C=O) groups excluding carboxylic acids is 2. The van der Waals surface area contributed by atoms with E-state index in [1.807, 2.05) is 19.1 Å². The molecule has 18 heavy (non-hydrogen) atoms. The number of hydrogen-bond acceptors (Lipinski definition) is 4. The summed E-state index contributed by atoms with van der Waals surface area (Å²) in [6.45, 7) is 3.70. The maximum atomic E-state index is 11.7. The first-order chi connectivity index (χ1) is 8.63. The quantitative estimate of drug-likeness (QED) is 0.570. The molecule has 0 bridgehead atoms. The molecule has 0 aromatic heterocycles. The van der Waals surface area contributed by atoms with Crippen LogP contribution in [0.15, 0.2) is 12.2 Å². The van der Waals surface area contributed by atoms with Crippen molar-refractivity contribution in [1.82, 2.24) is 0 Å². The molecule has 2 aliphatic carbocycles. The van der Waals surface area contributed by atoms with Gasteiger partial charge in [-0.1, -0.05) is 6.08 Å². The highest BCUT2D eigenvalue weighted by molar-refractivity contribution is 5.76. The molecule has 100 valence electrons. The van der Waals surface area contributed by atoms with Crippen molar-refractivity contribution >= 4 is 11.9 Å². The van der Waals surface area contributed by atoms with Crippen molar-refractivity contribution in [1.29, 1.82) is 0 Å². The van der Waals surface area contributed by atoms with E-state index in [0.717, 1.165) is 19.3 Å². The van der Waals surface area contributed by atoms with Gasteiger partial charge in [0.15, 0.2) is 0 Å². The fourth-order valence-corrected chi connectivity index (χ4v) is 2.90. The van der Waals surface area contributed by atoms with Crippen LogP contribution >= 0.6 is 0 Å². The Kier molecular flexibility index (Phi) is 4.04. The summed E-state index contributed by atoms with van der Waals surface area (Å²) in [5, 5.41) is 0. The van der Waals surface area contributed by atoms with Gasteiger partial charge in [-0.3, -0.25) is 9.59 Å². The third kappa shape index (κ3) is 2.92. The molecule has 0 heterocycles. The summed E-state index contributed by atoms with van der Waals surface area (Å²) in [5.74, 6) is 0.586. The molecule has 4 nitrogen and oxygen atoms in total. The summed E-state index contributed by atoms with van der Waals surface area (Å²) in [7, 11) is 0. The molecule has 0 radical (unpaired) electrons. The number of fused-ring (bicyclic) bond motifs is 1. The van der Waals surface area contributed by atoms with Crippen molar-refractivity contribution < 1.29 is 19.1 Å². The lowest BCUT2D eigenvalue weighted by molar-refractivity contribution is -0.146. The monoisotopic (exact) mass is 252 g/mol. The molecule has 4 atom stereocenters. The Balaban J connectivity index is 1.89. The number of esters is 2. The van der Waals surface area contributed by atoms with Gasteiger partial charge >= 0.3 is 11.9 Å². The highest BCUT2D eigenvalue weighted by Gasteiger charge is 2.54. The SMILES string of the molecule is CCOC(=O)[C@@H]1[C@@H]2C/C=C\C(OC(C)=O)CC[C@@H]21. The first-order valence-corrected chi connectivity index (χ1v) is 6.64. The highest BCUT2D eigenvalue weighted by atomic mass is 16.5. The summed E-state index contributed by atoms with van der Waals surface area (Å²) in [5.41, 5.74) is 0. The molecule has 2 aliphatic rings. The Morgan fingerprint density at radius 1 is 1.28 bits per heavy atom. The Hall–Kier alpha value is -1.32. The van der Waals surface area contributed by atoms with Gasteiger partial charge in [0, 0.05) is 6.92 Å². The van der Waals surface area contributed by atoms with E-state index in [2.05, 4.69) is 0 Å². The fraction of sp³-hybridized carbons (Fsp3) is 0.714. The minimum atomic E-state index is -0.250. The van der Waals surface area contributed by atoms with E-state index in [9.17, 15) is 9.59 Å². The Bertz CT molecular complexity index is 361. The molecule has 0 spiro atoms. The van der Waals surface area contributed by atoms with Crippen LogP contribution in [0.3, 0.4) is 0 Å². The Labute approximate surface area is 107 Å². The third-order valence-corrected chi connectivity index (χ3v) is 3.75. The Morgan fingerprint density at radius 3 is 2.72 bits per heavy atom. The molecule has 0 N–H and O–H groups in total. The molecule has 1 fully saturated rings. The zero-order chi connectivity index (χ0) is 13.1. The van der Waals surface area contributed by atoms with E-state index in [-0.39, 0.29) is 24.0 Å². The second kappa shape index (κ2) is 5.55. The topological polar surface area (TPSA) is 52.6 Å². The predicted molar refractivity (Wildman–Crippen MR) is 65.6 cm³/mol. The van der Waals surface area contributed by atoms with Crippen molar-refractivity contribution in [2.45, 2.75) is 39.2 Å². The lowest BCUT2D eigenvalue weighted by Crippen LogP contribution is -2.15. The number of allylic oxidation sites excluding steroid dienone is 1. The molecule has 0 amide bonds. The second-order valence-electron chi connectivity index (χ2n) is 4.99. The van der Waals surface area contributed by atoms with Crippen LogP contribution in [0, 0.1) is 17.8 Å². The predicted octanol–water partition coefficient (Wildman–Crippen LogP) is 2.08. The van der Waals surface area contributed by atoms with Crippen LogP contribution in [-0.2, 0) is 19.1 Å². The van der Waals surface area contributed by atoms with Gasteiger partial charge in [-0.25, -0.2) is 0 Å². The van der Waals surface area contributed by atoms with E-state index in [1.54, 1.807) is 0 Å². The van der Waals surface area contributed by atoms with E-state index in [4.69, 9.17) is 9.47 Å². The first-order valence-electron chi connectivity index (χ1n) is 6.64. The van der Waals surface area contributed by atoms with Crippen LogP contribution in [-0.4, -0.2) is 24.6 Å². The van der Waals surface area contributed by atoms with Crippen molar-refractivity contribution in [3.05, 3.63) is 12.2 Å². The minimum absolute atomic E-state index is 0.0608. The molecule has 1 saturated carbocycles. The van der Waals surface area contributed by atoms with Crippen molar-refractivity contribution in [3.63, 3.8) is 0 Å². The van der Waals surface area contributed by atoms with Gasteiger partial charge in [0.25, 0.3) is 0 Å². The van der Waals surface area contributed by atoms with E-state index < -0.39 is 0 Å². The molecule has 1 unspecified atom stereocenters. The maximum Gasteiger partial charge on any atom is 0.309 e. The van der Waals surface area contributed by atoms with Crippen LogP contribution in [0.25, 0.3) is 0 Å². The second-order valence-corrected chi connectivity index (χ2v) is 4.99. The molecule has 0 aromatic carbocycles.